The third-order valence-corrected chi connectivity index (χ3v) is 4.37. The predicted molar refractivity (Wildman–Crippen MR) is 68.3 cm³/mol. The van der Waals surface area contributed by atoms with Crippen molar-refractivity contribution in [1.82, 2.24) is 10.2 Å². The maximum Gasteiger partial charge on any atom is 0.0594 e. The van der Waals surface area contributed by atoms with Crippen molar-refractivity contribution in [3.63, 3.8) is 0 Å². The molecule has 1 saturated heterocycles. The van der Waals surface area contributed by atoms with Gasteiger partial charge in [-0.1, -0.05) is 6.92 Å². The van der Waals surface area contributed by atoms with Crippen LogP contribution in [-0.4, -0.2) is 66.6 Å². The molecule has 4 nitrogen and oxygen atoms in total. The molecule has 0 amide bonds. The third kappa shape index (κ3) is 5.94. The van der Waals surface area contributed by atoms with Gasteiger partial charge in [0.15, 0.2) is 0 Å². The average molecular weight is 248 g/mol. The number of hydrogen-bond acceptors (Lipinski definition) is 4. The molecule has 5 heteroatoms. The lowest BCUT2D eigenvalue weighted by Gasteiger charge is -2.26. The first-order chi connectivity index (χ1) is 7.70. The van der Waals surface area contributed by atoms with E-state index in [-0.39, 0.29) is 0 Å². The Morgan fingerprint density at radius 2 is 2.06 bits per heavy atom. The number of hydrogen-bond donors (Lipinski definition) is 1. The molecule has 2 unspecified atom stereocenters. The molecule has 96 valence electrons. The second-order valence-corrected chi connectivity index (χ2v) is 6.10. The van der Waals surface area contributed by atoms with Crippen molar-refractivity contribution in [2.75, 3.05) is 52.2 Å². The Bertz CT molecular complexity index is 208. The third-order valence-electron chi connectivity index (χ3n) is 3.00. The highest BCUT2D eigenvalue weighted by Gasteiger charge is 2.09. The van der Waals surface area contributed by atoms with Crippen LogP contribution in [0.15, 0.2) is 0 Å². The van der Waals surface area contributed by atoms with Crippen LogP contribution in [-0.2, 0) is 15.5 Å². The van der Waals surface area contributed by atoms with Gasteiger partial charge in [0, 0.05) is 48.5 Å². The molecule has 2 atom stereocenters. The molecule has 1 aliphatic heterocycles. The van der Waals surface area contributed by atoms with E-state index >= 15 is 0 Å². The van der Waals surface area contributed by atoms with Crippen molar-refractivity contribution in [3.8, 4) is 0 Å². The highest BCUT2D eigenvalue weighted by atomic mass is 32.2. The van der Waals surface area contributed by atoms with Gasteiger partial charge in [-0.05, 0) is 13.0 Å². The topological polar surface area (TPSA) is 41.6 Å². The first-order valence-corrected chi connectivity index (χ1v) is 7.65. The standard InChI is InChI=1S/C11H24N2O2S/c1-11(16(2)14)3-4-12-5-6-13-7-9-15-10-8-13/h11-12H,3-10H2,1-2H3. The molecule has 1 rings (SSSR count). The summed E-state index contributed by atoms with van der Waals surface area (Å²) < 4.78 is 16.4. The summed E-state index contributed by atoms with van der Waals surface area (Å²) in [5.41, 5.74) is 0. The second-order valence-electron chi connectivity index (χ2n) is 4.30. The van der Waals surface area contributed by atoms with Gasteiger partial charge < -0.3 is 10.1 Å². The predicted octanol–water partition coefficient (Wildman–Crippen LogP) is 0.0653. The van der Waals surface area contributed by atoms with Crippen LogP contribution in [0.3, 0.4) is 0 Å². The summed E-state index contributed by atoms with van der Waals surface area (Å²) in [5, 5.41) is 3.70. The average Bonchev–Trinajstić information content (AvgIpc) is 2.29. The molecule has 0 spiro atoms. The molecule has 0 bridgehead atoms. The molecule has 1 N–H and O–H groups in total. The van der Waals surface area contributed by atoms with Gasteiger partial charge in [0.1, 0.15) is 0 Å². The van der Waals surface area contributed by atoms with Gasteiger partial charge in [0.2, 0.25) is 0 Å². The number of ether oxygens (including phenoxy) is 1. The van der Waals surface area contributed by atoms with Crippen molar-refractivity contribution in [3.05, 3.63) is 0 Å². The summed E-state index contributed by atoms with van der Waals surface area (Å²) >= 11 is 0. The minimum absolute atomic E-state index is 0.302. The van der Waals surface area contributed by atoms with Crippen LogP contribution in [0.25, 0.3) is 0 Å². The fourth-order valence-electron chi connectivity index (χ4n) is 1.66. The van der Waals surface area contributed by atoms with Crippen LogP contribution < -0.4 is 5.32 Å². The molecule has 0 aliphatic carbocycles. The summed E-state index contributed by atoms with van der Waals surface area (Å²) in [7, 11) is -0.687. The molecule has 0 aromatic heterocycles. The van der Waals surface area contributed by atoms with E-state index in [1.54, 1.807) is 6.26 Å². The molecular formula is C11H24N2O2S. The summed E-state index contributed by atoms with van der Waals surface area (Å²) in [5.74, 6) is 0. The second kappa shape index (κ2) is 8.17. The zero-order chi connectivity index (χ0) is 11.8. The van der Waals surface area contributed by atoms with Crippen LogP contribution in [0.2, 0.25) is 0 Å². The highest BCUT2D eigenvalue weighted by molar-refractivity contribution is 7.84. The molecule has 0 radical (unpaired) electrons. The Kier molecular flexibility index (Phi) is 7.20. The normalized spacial score (nSPS) is 21.9. The fourth-order valence-corrected chi connectivity index (χ4v) is 2.11. The minimum Gasteiger partial charge on any atom is -0.379 e. The summed E-state index contributed by atoms with van der Waals surface area (Å²) in [6.45, 7) is 8.95. The smallest absolute Gasteiger partial charge is 0.0594 e. The Labute approximate surface area is 101 Å². The molecule has 0 saturated carbocycles. The monoisotopic (exact) mass is 248 g/mol. The fraction of sp³-hybridized carbons (Fsp3) is 1.00. The van der Waals surface area contributed by atoms with Crippen molar-refractivity contribution < 1.29 is 8.95 Å². The molecule has 0 aromatic rings. The van der Waals surface area contributed by atoms with E-state index in [2.05, 4.69) is 10.2 Å². The van der Waals surface area contributed by atoms with Gasteiger partial charge >= 0.3 is 0 Å². The summed E-state index contributed by atoms with van der Waals surface area (Å²) in [6.07, 6.45) is 2.77. The largest absolute Gasteiger partial charge is 0.379 e. The summed E-state index contributed by atoms with van der Waals surface area (Å²) in [6, 6.07) is 0. The molecule has 1 fully saturated rings. The first-order valence-electron chi connectivity index (χ1n) is 6.03. The van der Waals surface area contributed by atoms with Crippen LogP contribution in [0, 0.1) is 0 Å². The van der Waals surface area contributed by atoms with Crippen molar-refractivity contribution >= 4 is 10.8 Å². The number of rotatable bonds is 7. The van der Waals surface area contributed by atoms with E-state index < -0.39 is 10.8 Å². The number of nitrogens with zero attached hydrogens (tertiary/aromatic N) is 1. The van der Waals surface area contributed by atoms with Gasteiger partial charge in [-0.3, -0.25) is 9.11 Å². The molecular weight excluding hydrogens is 224 g/mol. The number of nitrogens with one attached hydrogen (secondary N) is 1. The van der Waals surface area contributed by atoms with Crippen molar-refractivity contribution in [1.29, 1.82) is 0 Å². The maximum absolute atomic E-state index is 11.1. The zero-order valence-corrected chi connectivity index (χ0v) is 11.2. The van der Waals surface area contributed by atoms with E-state index in [9.17, 15) is 4.21 Å². The maximum atomic E-state index is 11.1. The van der Waals surface area contributed by atoms with Gasteiger partial charge in [-0.25, -0.2) is 0 Å². The Morgan fingerprint density at radius 1 is 1.38 bits per heavy atom. The van der Waals surface area contributed by atoms with Crippen LogP contribution in [0.5, 0.6) is 0 Å². The quantitative estimate of drug-likeness (QED) is 0.647. The van der Waals surface area contributed by atoms with Gasteiger partial charge in [0.05, 0.1) is 13.2 Å². The van der Waals surface area contributed by atoms with Gasteiger partial charge in [-0.15, -0.1) is 0 Å². The van der Waals surface area contributed by atoms with E-state index in [0.29, 0.717) is 5.25 Å². The SMILES string of the molecule is CC(CCNCCN1CCOCC1)S(C)=O. The van der Waals surface area contributed by atoms with Crippen LogP contribution >= 0.6 is 0 Å². The lowest BCUT2D eigenvalue weighted by molar-refractivity contribution is 0.0384. The van der Waals surface area contributed by atoms with E-state index in [1.807, 2.05) is 6.92 Å². The molecule has 1 heterocycles. The van der Waals surface area contributed by atoms with E-state index in [0.717, 1.165) is 52.4 Å². The van der Waals surface area contributed by atoms with Crippen LogP contribution in [0.1, 0.15) is 13.3 Å². The van der Waals surface area contributed by atoms with Crippen LogP contribution in [0.4, 0.5) is 0 Å². The Hall–Kier alpha value is 0.0300. The van der Waals surface area contributed by atoms with Gasteiger partial charge in [0.25, 0.3) is 0 Å². The van der Waals surface area contributed by atoms with E-state index in [4.69, 9.17) is 4.74 Å². The first kappa shape index (κ1) is 14.1. The zero-order valence-electron chi connectivity index (χ0n) is 10.4. The Morgan fingerprint density at radius 3 is 2.69 bits per heavy atom. The molecule has 1 aliphatic rings. The molecule has 16 heavy (non-hydrogen) atoms. The highest BCUT2D eigenvalue weighted by Crippen LogP contribution is 1.97. The summed E-state index contributed by atoms with van der Waals surface area (Å²) in [4.78, 5) is 2.41. The van der Waals surface area contributed by atoms with Crippen molar-refractivity contribution in [2.24, 2.45) is 0 Å². The lowest BCUT2D eigenvalue weighted by atomic mass is 10.3. The van der Waals surface area contributed by atoms with Crippen molar-refractivity contribution in [2.45, 2.75) is 18.6 Å². The van der Waals surface area contributed by atoms with Gasteiger partial charge in [-0.2, -0.15) is 0 Å². The Balaban J connectivity index is 1.93. The minimum atomic E-state index is -0.687. The lowest BCUT2D eigenvalue weighted by Crippen LogP contribution is -2.40. The van der Waals surface area contributed by atoms with E-state index in [1.165, 1.54) is 0 Å². The molecule has 0 aromatic carbocycles. The number of morpholine rings is 1.